The zero-order valence-electron chi connectivity index (χ0n) is 19.5. The summed E-state index contributed by atoms with van der Waals surface area (Å²) >= 11 is 0. The van der Waals surface area contributed by atoms with Crippen molar-refractivity contribution < 1.29 is 9.21 Å². The highest BCUT2D eigenvalue weighted by atomic mass is 16.3. The molecule has 3 aromatic carbocycles. The Hall–Kier alpha value is -3.83. The van der Waals surface area contributed by atoms with Crippen molar-refractivity contribution in [3.63, 3.8) is 0 Å². The van der Waals surface area contributed by atoms with E-state index in [1.807, 2.05) is 55.6 Å². The molecule has 2 aromatic heterocycles. The Morgan fingerprint density at radius 3 is 2.59 bits per heavy atom. The fourth-order valence-electron chi connectivity index (χ4n) is 4.38. The van der Waals surface area contributed by atoms with Crippen LogP contribution < -0.4 is 10.6 Å². The molecule has 0 bridgehead atoms. The first kappa shape index (κ1) is 22.0. The minimum Gasteiger partial charge on any atom is -0.460 e. The quantitative estimate of drug-likeness (QED) is 0.279. The van der Waals surface area contributed by atoms with Gasteiger partial charge in [0, 0.05) is 22.5 Å². The van der Waals surface area contributed by atoms with Gasteiger partial charge in [-0.3, -0.25) is 10.1 Å². The van der Waals surface area contributed by atoms with Crippen LogP contribution in [0.5, 0.6) is 0 Å². The lowest BCUT2D eigenvalue weighted by molar-refractivity contribution is -0.123. The Bertz CT molecular complexity index is 1380. The average Bonchev–Trinajstić information content (AvgIpc) is 3.45. The molecule has 0 fully saturated rings. The molecule has 0 aliphatic rings. The van der Waals surface area contributed by atoms with Crippen molar-refractivity contribution in [1.82, 2.24) is 15.6 Å². The fourth-order valence-corrected chi connectivity index (χ4v) is 4.38. The number of aromatic amines is 1. The summed E-state index contributed by atoms with van der Waals surface area (Å²) < 4.78 is 5.96. The zero-order valence-corrected chi connectivity index (χ0v) is 19.5. The van der Waals surface area contributed by atoms with Gasteiger partial charge in [-0.2, -0.15) is 0 Å². The Labute approximate surface area is 199 Å². The van der Waals surface area contributed by atoms with Crippen LogP contribution in [0.15, 0.2) is 89.5 Å². The predicted molar refractivity (Wildman–Crippen MR) is 137 cm³/mol. The number of carbonyl (C=O) groups is 1. The van der Waals surface area contributed by atoms with Gasteiger partial charge in [0.15, 0.2) is 0 Å². The molecule has 5 aromatic rings. The number of furan rings is 1. The average molecular weight is 452 g/mol. The van der Waals surface area contributed by atoms with Gasteiger partial charge in [-0.15, -0.1) is 0 Å². The molecule has 3 N–H and O–H groups in total. The maximum absolute atomic E-state index is 13.4. The van der Waals surface area contributed by atoms with Crippen LogP contribution in [0.25, 0.3) is 21.9 Å². The molecule has 34 heavy (non-hydrogen) atoms. The fraction of sp³-hybridized carbons (Fsp3) is 0.207. The van der Waals surface area contributed by atoms with Crippen LogP contribution >= 0.6 is 0 Å². The smallest absolute Gasteiger partial charge is 0.237 e. The van der Waals surface area contributed by atoms with Crippen molar-refractivity contribution in [2.24, 2.45) is 0 Å². The van der Waals surface area contributed by atoms with Gasteiger partial charge in [-0.05, 0) is 49.6 Å². The number of carbonyl (C=O) groups excluding carboxylic acids is 1. The number of H-pyrrole nitrogens is 1. The molecule has 0 saturated carbocycles. The molecular weight excluding hydrogens is 422 g/mol. The van der Waals surface area contributed by atoms with Crippen LogP contribution in [-0.4, -0.2) is 16.9 Å². The minimum atomic E-state index is -0.416. The number of benzene rings is 3. The van der Waals surface area contributed by atoms with Gasteiger partial charge in [0.05, 0.1) is 18.6 Å². The van der Waals surface area contributed by atoms with Crippen LogP contribution in [0.3, 0.4) is 0 Å². The molecule has 2 atom stereocenters. The van der Waals surface area contributed by atoms with E-state index in [0.29, 0.717) is 13.0 Å². The SMILES string of the molecule is Cc1ccc(C(C)NC(=O)[C@@H](Cc2c[nH]c3ccccc23)NCc2cc3ccccc3o2)cc1. The first-order valence-electron chi connectivity index (χ1n) is 11.7. The highest BCUT2D eigenvalue weighted by molar-refractivity contribution is 5.86. The second-order valence-electron chi connectivity index (χ2n) is 8.89. The molecule has 172 valence electrons. The molecule has 5 rings (SSSR count). The lowest BCUT2D eigenvalue weighted by atomic mass is 10.0. The van der Waals surface area contributed by atoms with E-state index >= 15 is 0 Å². The summed E-state index contributed by atoms with van der Waals surface area (Å²) in [6.45, 7) is 4.55. The maximum atomic E-state index is 13.4. The van der Waals surface area contributed by atoms with E-state index < -0.39 is 6.04 Å². The minimum absolute atomic E-state index is 0.0329. The predicted octanol–water partition coefficient (Wildman–Crippen LogP) is 5.80. The van der Waals surface area contributed by atoms with E-state index in [9.17, 15) is 4.79 Å². The van der Waals surface area contributed by atoms with Crippen molar-refractivity contribution in [3.05, 3.63) is 108 Å². The van der Waals surface area contributed by atoms with Crippen molar-refractivity contribution in [2.75, 3.05) is 0 Å². The first-order chi connectivity index (χ1) is 16.6. The number of fused-ring (bicyclic) bond motifs is 2. The summed E-state index contributed by atoms with van der Waals surface area (Å²) in [5.41, 5.74) is 5.32. The molecule has 1 unspecified atom stereocenters. The summed E-state index contributed by atoms with van der Waals surface area (Å²) in [7, 11) is 0. The summed E-state index contributed by atoms with van der Waals surface area (Å²) in [4.78, 5) is 16.8. The Morgan fingerprint density at radius 2 is 1.76 bits per heavy atom. The third-order valence-electron chi connectivity index (χ3n) is 6.35. The third-order valence-corrected chi connectivity index (χ3v) is 6.35. The zero-order chi connectivity index (χ0) is 23.5. The molecule has 0 aliphatic heterocycles. The Morgan fingerprint density at radius 1 is 1.00 bits per heavy atom. The maximum Gasteiger partial charge on any atom is 0.237 e. The van der Waals surface area contributed by atoms with E-state index in [-0.39, 0.29) is 11.9 Å². The van der Waals surface area contributed by atoms with E-state index in [1.54, 1.807) is 0 Å². The van der Waals surface area contributed by atoms with Gasteiger partial charge in [-0.1, -0.05) is 66.2 Å². The molecule has 0 spiro atoms. The van der Waals surface area contributed by atoms with Crippen molar-refractivity contribution in [1.29, 1.82) is 0 Å². The van der Waals surface area contributed by atoms with Gasteiger partial charge in [0.1, 0.15) is 11.3 Å². The van der Waals surface area contributed by atoms with Crippen LogP contribution in [0.2, 0.25) is 0 Å². The van der Waals surface area contributed by atoms with Gasteiger partial charge < -0.3 is 14.7 Å². The number of aryl methyl sites for hydroxylation is 1. The van der Waals surface area contributed by atoms with Gasteiger partial charge in [0.25, 0.3) is 0 Å². The highest BCUT2D eigenvalue weighted by Gasteiger charge is 2.22. The van der Waals surface area contributed by atoms with Crippen molar-refractivity contribution >= 4 is 27.8 Å². The topological polar surface area (TPSA) is 70.1 Å². The largest absolute Gasteiger partial charge is 0.460 e. The lowest BCUT2D eigenvalue weighted by Crippen LogP contribution is -2.46. The number of nitrogens with one attached hydrogen (secondary N) is 3. The van der Waals surface area contributed by atoms with Crippen LogP contribution in [0.1, 0.15) is 35.4 Å². The van der Waals surface area contributed by atoms with Crippen molar-refractivity contribution in [3.8, 4) is 0 Å². The number of amides is 1. The standard InChI is InChI=1S/C29H29N3O2/c1-19-11-13-21(14-12-19)20(2)32-29(33)27(16-23-17-30-26-9-5-4-8-25(23)26)31-18-24-15-22-7-3-6-10-28(22)34-24/h3-15,17,20,27,30-31H,16,18H2,1-2H3,(H,32,33)/t20?,27-/m1/s1. The summed E-state index contributed by atoms with van der Waals surface area (Å²) in [6.07, 6.45) is 2.56. The lowest BCUT2D eigenvalue weighted by Gasteiger charge is -2.21. The second kappa shape index (κ2) is 9.57. The van der Waals surface area contributed by atoms with Crippen LogP contribution in [0, 0.1) is 6.92 Å². The molecule has 1 amide bonds. The molecule has 5 nitrogen and oxygen atoms in total. The van der Waals surface area contributed by atoms with Crippen LogP contribution in [0.4, 0.5) is 0 Å². The highest BCUT2D eigenvalue weighted by Crippen LogP contribution is 2.22. The summed E-state index contributed by atoms with van der Waals surface area (Å²) in [6, 6.07) is 25.9. The Kier molecular flexibility index (Phi) is 6.19. The Balaban J connectivity index is 1.36. The monoisotopic (exact) mass is 451 g/mol. The van der Waals surface area contributed by atoms with E-state index in [2.05, 4.69) is 58.9 Å². The molecule has 0 saturated heterocycles. The molecule has 5 heteroatoms. The molecular formula is C29H29N3O2. The number of para-hydroxylation sites is 2. The van der Waals surface area contributed by atoms with E-state index in [4.69, 9.17) is 4.42 Å². The normalized spacial score (nSPS) is 13.2. The number of aromatic nitrogens is 1. The van der Waals surface area contributed by atoms with Crippen LogP contribution in [-0.2, 0) is 17.8 Å². The third kappa shape index (κ3) is 4.75. The van der Waals surface area contributed by atoms with Crippen molar-refractivity contribution in [2.45, 2.75) is 38.9 Å². The molecule has 0 aliphatic carbocycles. The van der Waals surface area contributed by atoms with E-state index in [0.717, 1.165) is 38.8 Å². The summed E-state index contributed by atoms with van der Waals surface area (Å²) in [5, 5.41) is 8.84. The number of hydrogen-bond acceptors (Lipinski definition) is 3. The number of hydrogen-bond donors (Lipinski definition) is 3. The van der Waals surface area contributed by atoms with Gasteiger partial charge >= 0.3 is 0 Å². The molecule has 2 heterocycles. The molecule has 0 radical (unpaired) electrons. The first-order valence-corrected chi connectivity index (χ1v) is 11.7. The number of rotatable bonds is 8. The second-order valence-corrected chi connectivity index (χ2v) is 8.89. The summed E-state index contributed by atoms with van der Waals surface area (Å²) in [5.74, 6) is 0.777. The van der Waals surface area contributed by atoms with E-state index in [1.165, 1.54) is 5.56 Å². The van der Waals surface area contributed by atoms with Gasteiger partial charge in [-0.25, -0.2) is 0 Å². The van der Waals surface area contributed by atoms with Gasteiger partial charge in [0.2, 0.25) is 5.91 Å².